The first-order valence-corrected chi connectivity index (χ1v) is 5.22. The minimum absolute atomic E-state index is 0.332. The van der Waals surface area contributed by atoms with E-state index < -0.39 is 0 Å². The van der Waals surface area contributed by atoms with Crippen LogP contribution in [0.25, 0.3) is 11.3 Å². The predicted molar refractivity (Wildman–Crippen MR) is 60.9 cm³/mol. The minimum Gasteiger partial charge on any atom is -0.249 e. The maximum atomic E-state index is 5.81. The fraction of sp³-hybridized carbons (Fsp3) is 0.273. The first kappa shape index (κ1) is 10.2. The molecule has 0 aliphatic rings. The molecule has 0 radical (unpaired) electrons. The molecule has 1 heterocycles. The number of benzene rings is 1. The molecule has 0 amide bonds. The van der Waals surface area contributed by atoms with Gasteiger partial charge in [-0.05, 0) is 26.0 Å². The Morgan fingerprint density at radius 3 is 2.40 bits per heavy atom. The molecule has 0 fully saturated rings. The van der Waals surface area contributed by atoms with E-state index in [-0.39, 0.29) is 0 Å². The van der Waals surface area contributed by atoms with Gasteiger partial charge in [0.05, 0.1) is 6.20 Å². The van der Waals surface area contributed by atoms with Gasteiger partial charge in [-0.1, -0.05) is 28.9 Å². The van der Waals surface area contributed by atoms with Crippen LogP contribution in [0.1, 0.15) is 19.9 Å². The molecule has 0 saturated carbocycles. The SMILES string of the molecule is CC(C)n1cc(-c2ccc(Cl)cc2)nn1. The summed E-state index contributed by atoms with van der Waals surface area (Å²) in [7, 11) is 0. The maximum Gasteiger partial charge on any atom is 0.113 e. The van der Waals surface area contributed by atoms with Gasteiger partial charge in [-0.2, -0.15) is 0 Å². The Kier molecular flexibility index (Phi) is 2.73. The van der Waals surface area contributed by atoms with Crippen LogP contribution in [0.3, 0.4) is 0 Å². The van der Waals surface area contributed by atoms with Crippen LogP contribution in [0.2, 0.25) is 5.02 Å². The molecule has 0 saturated heterocycles. The summed E-state index contributed by atoms with van der Waals surface area (Å²) in [5, 5.41) is 8.89. The van der Waals surface area contributed by atoms with Crippen molar-refractivity contribution in [3.63, 3.8) is 0 Å². The van der Waals surface area contributed by atoms with Gasteiger partial charge < -0.3 is 0 Å². The van der Waals surface area contributed by atoms with E-state index >= 15 is 0 Å². The lowest BCUT2D eigenvalue weighted by molar-refractivity contribution is 0.514. The van der Waals surface area contributed by atoms with Crippen LogP contribution < -0.4 is 0 Å². The molecule has 0 atom stereocenters. The van der Waals surface area contributed by atoms with E-state index in [1.807, 2.05) is 35.1 Å². The second-order valence-electron chi connectivity index (χ2n) is 3.68. The molecule has 0 spiro atoms. The minimum atomic E-state index is 0.332. The highest BCUT2D eigenvalue weighted by molar-refractivity contribution is 6.30. The Bertz CT molecular complexity index is 445. The highest BCUT2D eigenvalue weighted by Gasteiger charge is 2.05. The topological polar surface area (TPSA) is 30.7 Å². The second kappa shape index (κ2) is 4.03. The number of nitrogens with zero attached hydrogens (tertiary/aromatic N) is 3. The van der Waals surface area contributed by atoms with Crippen LogP contribution in [0, 0.1) is 0 Å². The Labute approximate surface area is 93.7 Å². The number of hydrogen-bond acceptors (Lipinski definition) is 2. The van der Waals surface area contributed by atoms with E-state index in [1.54, 1.807) is 0 Å². The Morgan fingerprint density at radius 2 is 1.87 bits per heavy atom. The van der Waals surface area contributed by atoms with Crippen LogP contribution in [-0.4, -0.2) is 15.0 Å². The summed E-state index contributed by atoms with van der Waals surface area (Å²) in [5.41, 5.74) is 1.91. The lowest BCUT2D eigenvalue weighted by Crippen LogP contribution is -2.00. The van der Waals surface area contributed by atoms with E-state index in [9.17, 15) is 0 Å². The molecular weight excluding hydrogens is 210 g/mol. The average Bonchev–Trinajstić information content (AvgIpc) is 2.68. The molecule has 0 unspecified atom stereocenters. The number of rotatable bonds is 2. The van der Waals surface area contributed by atoms with Crippen LogP contribution in [0.15, 0.2) is 30.5 Å². The monoisotopic (exact) mass is 221 g/mol. The lowest BCUT2D eigenvalue weighted by atomic mass is 10.2. The summed E-state index contributed by atoms with van der Waals surface area (Å²) < 4.78 is 1.84. The Balaban J connectivity index is 2.33. The first-order valence-electron chi connectivity index (χ1n) is 4.84. The third-order valence-electron chi connectivity index (χ3n) is 2.18. The van der Waals surface area contributed by atoms with Crippen molar-refractivity contribution >= 4 is 11.6 Å². The van der Waals surface area contributed by atoms with Crippen molar-refractivity contribution in [2.45, 2.75) is 19.9 Å². The molecular formula is C11H12ClN3. The fourth-order valence-electron chi connectivity index (χ4n) is 1.28. The molecule has 0 aliphatic heterocycles. The van der Waals surface area contributed by atoms with Gasteiger partial charge in [0, 0.05) is 16.6 Å². The van der Waals surface area contributed by atoms with Gasteiger partial charge in [-0.15, -0.1) is 5.10 Å². The molecule has 0 bridgehead atoms. The molecule has 1 aromatic carbocycles. The van der Waals surface area contributed by atoms with Crippen LogP contribution in [-0.2, 0) is 0 Å². The quantitative estimate of drug-likeness (QED) is 0.780. The summed E-state index contributed by atoms with van der Waals surface area (Å²) >= 11 is 5.81. The zero-order valence-electron chi connectivity index (χ0n) is 8.68. The van der Waals surface area contributed by atoms with E-state index in [2.05, 4.69) is 24.2 Å². The van der Waals surface area contributed by atoms with Crippen molar-refractivity contribution in [2.75, 3.05) is 0 Å². The molecule has 1 aromatic heterocycles. The van der Waals surface area contributed by atoms with Crippen molar-refractivity contribution in [1.29, 1.82) is 0 Å². The summed E-state index contributed by atoms with van der Waals surface area (Å²) in [6.45, 7) is 4.14. The third-order valence-corrected chi connectivity index (χ3v) is 2.43. The van der Waals surface area contributed by atoms with E-state index in [0.717, 1.165) is 16.3 Å². The maximum absolute atomic E-state index is 5.81. The number of halogens is 1. The molecule has 0 N–H and O–H groups in total. The summed E-state index contributed by atoms with van der Waals surface area (Å²) in [6, 6.07) is 7.92. The first-order chi connectivity index (χ1) is 7.16. The highest BCUT2D eigenvalue weighted by atomic mass is 35.5. The molecule has 0 aliphatic carbocycles. The molecule has 78 valence electrons. The van der Waals surface area contributed by atoms with Gasteiger partial charge in [0.15, 0.2) is 0 Å². The standard InChI is InChI=1S/C11H12ClN3/c1-8(2)15-7-11(13-14-15)9-3-5-10(12)6-4-9/h3-8H,1-2H3. The molecule has 2 rings (SSSR count). The lowest BCUT2D eigenvalue weighted by Gasteiger charge is -2.01. The van der Waals surface area contributed by atoms with E-state index in [1.165, 1.54) is 0 Å². The smallest absolute Gasteiger partial charge is 0.113 e. The second-order valence-corrected chi connectivity index (χ2v) is 4.12. The van der Waals surface area contributed by atoms with Gasteiger partial charge in [0.1, 0.15) is 5.69 Å². The van der Waals surface area contributed by atoms with Crippen LogP contribution >= 0.6 is 11.6 Å². The van der Waals surface area contributed by atoms with Crippen molar-refractivity contribution in [3.8, 4) is 11.3 Å². The van der Waals surface area contributed by atoms with E-state index in [4.69, 9.17) is 11.6 Å². The third kappa shape index (κ3) is 2.18. The summed E-state index contributed by atoms with van der Waals surface area (Å²) in [5.74, 6) is 0. The molecule has 15 heavy (non-hydrogen) atoms. The fourth-order valence-corrected chi connectivity index (χ4v) is 1.41. The normalized spacial score (nSPS) is 10.9. The van der Waals surface area contributed by atoms with Gasteiger partial charge in [-0.3, -0.25) is 0 Å². The van der Waals surface area contributed by atoms with Crippen molar-refractivity contribution < 1.29 is 0 Å². The highest BCUT2D eigenvalue weighted by Crippen LogP contribution is 2.19. The van der Waals surface area contributed by atoms with Crippen molar-refractivity contribution in [1.82, 2.24) is 15.0 Å². The average molecular weight is 222 g/mol. The predicted octanol–water partition coefficient (Wildman–Crippen LogP) is 3.18. The van der Waals surface area contributed by atoms with E-state index in [0.29, 0.717) is 6.04 Å². The summed E-state index contributed by atoms with van der Waals surface area (Å²) in [4.78, 5) is 0. The van der Waals surface area contributed by atoms with Gasteiger partial charge in [-0.25, -0.2) is 4.68 Å². The zero-order valence-corrected chi connectivity index (χ0v) is 9.44. The molecule has 4 heteroatoms. The Hall–Kier alpha value is -1.35. The van der Waals surface area contributed by atoms with Crippen molar-refractivity contribution in [3.05, 3.63) is 35.5 Å². The Morgan fingerprint density at radius 1 is 1.20 bits per heavy atom. The van der Waals surface area contributed by atoms with Crippen molar-refractivity contribution in [2.24, 2.45) is 0 Å². The largest absolute Gasteiger partial charge is 0.249 e. The number of hydrogen-bond donors (Lipinski definition) is 0. The zero-order chi connectivity index (χ0) is 10.8. The number of aromatic nitrogens is 3. The molecule has 2 aromatic rings. The van der Waals surface area contributed by atoms with Crippen LogP contribution in [0.5, 0.6) is 0 Å². The molecule has 3 nitrogen and oxygen atoms in total. The van der Waals surface area contributed by atoms with Gasteiger partial charge in [0.25, 0.3) is 0 Å². The summed E-state index contributed by atoms with van der Waals surface area (Å²) in [6.07, 6.45) is 1.94. The van der Waals surface area contributed by atoms with Gasteiger partial charge >= 0.3 is 0 Å². The van der Waals surface area contributed by atoms with Gasteiger partial charge in [0.2, 0.25) is 0 Å². The van der Waals surface area contributed by atoms with Crippen LogP contribution in [0.4, 0.5) is 0 Å².